The molecule has 0 unspecified atom stereocenters. The maximum atomic E-state index is 12.0. The minimum absolute atomic E-state index is 0.0112. The van der Waals surface area contributed by atoms with E-state index in [0.29, 0.717) is 22.9 Å². The highest BCUT2D eigenvalue weighted by Crippen LogP contribution is 2.18. The number of benzene rings is 1. The van der Waals surface area contributed by atoms with Gasteiger partial charge in [0.15, 0.2) is 0 Å². The average Bonchev–Trinajstić information content (AvgIpc) is 2.33. The lowest BCUT2D eigenvalue weighted by Gasteiger charge is -2.06. The Hall–Kier alpha value is -1.88. The second-order valence-electron chi connectivity index (χ2n) is 3.35. The molecule has 1 aromatic carbocycles. The number of carbonyl (C=O) groups excluding carboxylic acids is 1. The summed E-state index contributed by atoms with van der Waals surface area (Å²) in [4.78, 5) is 26.5. The lowest BCUT2D eigenvalue weighted by Crippen LogP contribution is -2.22. The smallest absolute Gasteiger partial charge is 0.262 e. The third-order valence-electron chi connectivity index (χ3n) is 2.37. The molecule has 0 saturated carbocycles. The maximum Gasteiger partial charge on any atom is 0.262 e. The van der Waals surface area contributed by atoms with E-state index in [1.54, 1.807) is 18.2 Å². The van der Waals surface area contributed by atoms with Gasteiger partial charge in [-0.25, -0.2) is 4.98 Å². The van der Waals surface area contributed by atoms with E-state index in [2.05, 4.69) is 4.98 Å². The summed E-state index contributed by atoms with van der Waals surface area (Å²) in [7, 11) is 1.52. The molecule has 0 aliphatic heterocycles. The minimum Gasteiger partial charge on any atom is -0.497 e. The molecule has 0 bridgehead atoms. The number of ether oxygens (including phenoxy) is 1. The van der Waals surface area contributed by atoms with Crippen LogP contribution in [0, 0.1) is 0 Å². The van der Waals surface area contributed by atoms with Gasteiger partial charge in [-0.2, -0.15) is 0 Å². The van der Waals surface area contributed by atoms with Crippen LogP contribution in [0.25, 0.3) is 10.9 Å². The summed E-state index contributed by atoms with van der Waals surface area (Å²) in [6, 6.07) is 4.87. The van der Waals surface area contributed by atoms with E-state index in [0.717, 1.165) is 4.57 Å². The predicted octanol–water partition coefficient (Wildman–Crippen LogP) is 1.26. The summed E-state index contributed by atoms with van der Waals surface area (Å²) < 4.78 is 6.15. The van der Waals surface area contributed by atoms with E-state index in [1.807, 2.05) is 0 Å². The molecule has 0 N–H and O–H groups in total. The zero-order valence-corrected chi connectivity index (χ0v) is 9.77. The van der Waals surface area contributed by atoms with Gasteiger partial charge in [-0.1, -0.05) is 0 Å². The van der Waals surface area contributed by atoms with E-state index < -0.39 is 0 Å². The van der Waals surface area contributed by atoms with E-state index in [1.165, 1.54) is 7.11 Å². The number of hydrogen-bond donors (Lipinski definition) is 0. The first kappa shape index (κ1) is 11.6. The summed E-state index contributed by atoms with van der Waals surface area (Å²) in [6.45, 7) is -0.105. The molecule has 2 aromatic rings. The lowest BCUT2D eigenvalue weighted by molar-refractivity contribution is -0.108. The van der Waals surface area contributed by atoms with Crippen LogP contribution < -0.4 is 10.3 Å². The molecule has 0 spiro atoms. The fourth-order valence-electron chi connectivity index (χ4n) is 1.53. The van der Waals surface area contributed by atoms with Gasteiger partial charge in [0.1, 0.15) is 12.0 Å². The first-order valence-corrected chi connectivity index (χ1v) is 5.23. The van der Waals surface area contributed by atoms with Crippen molar-refractivity contribution in [1.29, 1.82) is 0 Å². The summed E-state index contributed by atoms with van der Waals surface area (Å²) in [5.41, 5.74) is 0.108. The summed E-state index contributed by atoms with van der Waals surface area (Å²) >= 11 is 5.83. The number of fused-ring (bicyclic) bond motifs is 1. The molecule has 1 heterocycles. The fraction of sp³-hybridized carbons (Fsp3) is 0.182. The number of rotatable bonds is 3. The molecule has 5 nitrogen and oxygen atoms in total. The van der Waals surface area contributed by atoms with Crippen LogP contribution in [-0.2, 0) is 11.3 Å². The normalized spacial score (nSPS) is 10.5. The first-order chi connectivity index (χ1) is 8.17. The van der Waals surface area contributed by atoms with Crippen LogP contribution >= 0.6 is 11.6 Å². The van der Waals surface area contributed by atoms with Crippen LogP contribution in [0.4, 0.5) is 0 Å². The molecule has 0 aliphatic carbocycles. The van der Waals surface area contributed by atoms with Gasteiger partial charge < -0.3 is 9.53 Å². The van der Waals surface area contributed by atoms with Crippen LogP contribution in [0.1, 0.15) is 0 Å². The summed E-state index contributed by atoms with van der Waals surface area (Å²) in [5.74, 6) is 0.591. The number of aldehydes is 1. The second-order valence-corrected chi connectivity index (χ2v) is 3.68. The zero-order valence-electron chi connectivity index (χ0n) is 9.01. The number of carbonyl (C=O) groups is 1. The van der Waals surface area contributed by atoms with Gasteiger partial charge >= 0.3 is 0 Å². The van der Waals surface area contributed by atoms with Gasteiger partial charge in [0.25, 0.3) is 5.56 Å². The summed E-state index contributed by atoms with van der Waals surface area (Å²) in [5, 5.41) is 0.389. The molecule has 2 rings (SSSR count). The highest BCUT2D eigenvalue weighted by atomic mass is 35.5. The number of halogens is 1. The molecular weight excluding hydrogens is 244 g/mol. The Kier molecular flexibility index (Phi) is 3.10. The Morgan fingerprint density at radius 3 is 2.94 bits per heavy atom. The molecule has 0 atom stereocenters. The van der Waals surface area contributed by atoms with Crippen LogP contribution in [0.2, 0.25) is 5.28 Å². The average molecular weight is 253 g/mol. The van der Waals surface area contributed by atoms with Crippen molar-refractivity contribution in [2.75, 3.05) is 7.11 Å². The summed E-state index contributed by atoms with van der Waals surface area (Å²) in [6.07, 6.45) is 0.602. The molecule has 17 heavy (non-hydrogen) atoms. The Bertz CT molecular complexity index is 636. The van der Waals surface area contributed by atoms with Gasteiger partial charge in [-0.05, 0) is 23.7 Å². The molecule has 6 heteroatoms. The van der Waals surface area contributed by atoms with E-state index in [-0.39, 0.29) is 17.4 Å². The predicted molar refractivity (Wildman–Crippen MR) is 63.6 cm³/mol. The Balaban J connectivity index is 2.76. The molecule has 88 valence electrons. The molecule has 0 radical (unpaired) electrons. The Morgan fingerprint density at radius 2 is 2.29 bits per heavy atom. The van der Waals surface area contributed by atoms with Gasteiger partial charge in [0, 0.05) is 6.07 Å². The van der Waals surface area contributed by atoms with Gasteiger partial charge in [0.05, 0.1) is 24.6 Å². The first-order valence-electron chi connectivity index (χ1n) is 4.85. The van der Waals surface area contributed by atoms with Crippen LogP contribution in [0.15, 0.2) is 23.0 Å². The van der Waals surface area contributed by atoms with Crippen molar-refractivity contribution in [3.8, 4) is 5.75 Å². The highest BCUT2D eigenvalue weighted by molar-refractivity contribution is 6.28. The molecule has 0 amide bonds. The SMILES string of the molecule is COc1ccc2c(=O)n(CC=O)c(Cl)nc2c1. The van der Waals surface area contributed by atoms with Gasteiger partial charge in [-0.3, -0.25) is 9.36 Å². The van der Waals surface area contributed by atoms with Crippen molar-refractivity contribution in [3.63, 3.8) is 0 Å². The highest BCUT2D eigenvalue weighted by Gasteiger charge is 2.09. The number of methoxy groups -OCH3 is 1. The third kappa shape index (κ3) is 2.01. The van der Waals surface area contributed by atoms with E-state index >= 15 is 0 Å². The number of hydrogen-bond acceptors (Lipinski definition) is 4. The quantitative estimate of drug-likeness (QED) is 0.609. The van der Waals surface area contributed by atoms with Gasteiger partial charge in [0.2, 0.25) is 5.28 Å². The standard InChI is InChI=1S/C11H9ClN2O3/c1-17-7-2-3-8-9(6-7)13-11(12)14(4-5-15)10(8)16/h2-3,5-6H,4H2,1H3. The largest absolute Gasteiger partial charge is 0.497 e. The van der Waals surface area contributed by atoms with Crippen molar-refractivity contribution in [3.05, 3.63) is 33.8 Å². The zero-order chi connectivity index (χ0) is 12.4. The van der Waals surface area contributed by atoms with Crippen molar-refractivity contribution in [2.24, 2.45) is 0 Å². The fourth-order valence-corrected chi connectivity index (χ4v) is 1.77. The van der Waals surface area contributed by atoms with Crippen LogP contribution in [0.5, 0.6) is 5.75 Å². The van der Waals surface area contributed by atoms with Crippen molar-refractivity contribution in [2.45, 2.75) is 6.54 Å². The number of nitrogens with zero attached hydrogens (tertiary/aromatic N) is 2. The third-order valence-corrected chi connectivity index (χ3v) is 2.66. The van der Waals surface area contributed by atoms with Crippen molar-refractivity contribution >= 4 is 28.8 Å². The van der Waals surface area contributed by atoms with Crippen LogP contribution in [0.3, 0.4) is 0 Å². The molecule has 0 aliphatic rings. The van der Waals surface area contributed by atoms with E-state index in [9.17, 15) is 9.59 Å². The Labute approximate surface area is 102 Å². The van der Waals surface area contributed by atoms with Crippen molar-refractivity contribution in [1.82, 2.24) is 9.55 Å². The molecule has 1 aromatic heterocycles. The van der Waals surface area contributed by atoms with Crippen molar-refractivity contribution < 1.29 is 9.53 Å². The minimum atomic E-state index is -0.338. The lowest BCUT2D eigenvalue weighted by atomic mass is 10.2. The molecule has 0 fully saturated rings. The maximum absolute atomic E-state index is 12.0. The van der Waals surface area contributed by atoms with E-state index in [4.69, 9.17) is 16.3 Å². The number of aromatic nitrogens is 2. The monoisotopic (exact) mass is 252 g/mol. The molecule has 0 saturated heterocycles. The second kappa shape index (κ2) is 4.55. The van der Waals surface area contributed by atoms with Crippen LogP contribution in [-0.4, -0.2) is 22.9 Å². The Morgan fingerprint density at radius 1 is 1.53 bits per heavy atom. The topological polar surface area (TPSA) is 61.2 Å². The molecular formula is C11H9ClN2O3. The van der Waals surface area contributed by atoms with Gasteiger partial charge in [-0.15, -0.1) is 0 Å².